The molecule has 0 saturated heterocycles. The van der Waals surface area contributed by atoms with Crippen molar-refractivity contribution in [1.82, 2.24) is 10.6 Å². The number of benzene rings is 1. The first-order chi connectivity index (χ1) is 8.97. The highest BCUT2D eigenvalue weighted by atomic mass is 16.5. The molecule has 1 aromatic rings. The van der Waals surface area contributed by atoms with Crippen molar-refractivity contribution in [3.8, 4) is 5.75 Å². The van der Waals surface area contributed by atoms with E-state index in [4.69, 9.17) is 4.74 Å². The van der Waals surface area contributed by atoms with Gasteiger partial charge in [0.25, 0.3) is 0 Å². The second-order valence-electron chi connectivity index (χ2n) is 5.14. The molecule has 4 heteroatoms. The highest BCUT2D eigenvalue weighted by Gasteiger charge is 2.03. The van der Waals surface area contributed by atoms with Gasteiger partial charge in [0.15, 0.2) is 0 Å². The zero-order chi connectivity index (χ0) is 14.3. The van der Waals surface area contributed by atoms with Gasteiger partial charge in [0, 0.05) is 12.6 Å². The third kappa shape index (κ3) is 6.82. The molecule has 0 heterocycles. The molecule has 4 nitrogen and oxygen atoms in total. The molecule has 0 unspecified atom stereocenters. The van der Waals surface area contributed by atoms with Crippen LogP contribution in [0.15, 0.2) is 24.3 Å². The number of hydrogen-bond acceptors (Lipinski definition) is 3. The molecule has 0 atom stereocenters. The summed E-state index contributed by atoms with van der Waals surface area (Å²) >= 11 is 0. The normalized spacial score (nSPS) is 10.8. The maximum atomic E-state index is 11.5. The third-order valence-corrected chi connectivity index (χ3v) is 2.33. The fraction of sp³-hybridized carbons (Fsp3) is 0.533. The van der Waals surface area contributed by atoms with Crippen molar-refractivity contribution in [2.45, 2.75) is 46.4 Å². The predicted octanol–water partition coefficient (Wildman–Crippen LogP) is 2.09. The van der Waals surface area contributed by atoms with Crippen LogP contribution in [0.5, 0.6) is 5.75 Å². The fourth-order valence-electron chi connectivity index (χ4n) is 1.69. The average molecular weight is 264 g/mol. The summed E-state index contributed by atoms with van der Waals surface area (Å²) < 4.78 is 5.63. The maximum Gasteiger partial charge on any atom is 0.234 e. The van der Waals surface area contributed by atoms with Crippen LogP contribution >= 0.6 is 0 Å². The molecular formula is C15H24N2O2. The number of hydrogen-bond donors (Lipinski definition) is 2. The molecule has 0 aromatic heterocycles. The van der Waals surface area contributed by atoms with Gasteiger partial charge < -0.3 is 15.4 Å². The Hall–Kier alpha value is -1.55. The van der Waals surface area contributed by atoms with Crippen LogP contribution < -0.4 is 15.4 Å². The summed E-state index contributed by atoms with van der Waals surface area (Å²) in [5.41, 5.74) is 1.11. The van der Waals surface area contributed by atoms with Crippen LogP contribution in [-0.2, 0) is 11.3 Å². The Balaban J connectivity index is 2.39. The van der Waals surface area contributed by atoms with E-state index in [0.717, 1.165) is 11.3 Å². The number of nitrogens with one attached hydrogen (secondary N) is 2. The quantitative estimate of drug-likeness (QED) is 0.793. The van der Waals surface area contributed by atoms with Crippen molar-refractivity contribution >= 4 is 5.91 Å². The largest absolute Gasteiger partial charge is 0.491 e. The van der Waals surface area contributed by atoms with E-state index in [2.05, 4.69) is 10.6 Å². The van der Waals surface area contributed by atoms with Crippen molar-refractivity contribution in [3.05, 3.63) is 29.8 Å². The zero-order valence-electron chi connectivity index (χ0n) is 12.2. The van der Waals surface area contributed by atoms with Gasteiger partial charge in [-0.3, -0.25) is 4.79 Å². The minimum Gasteiger partial charge on any atom is -0.491 e. The van der Waals surface area contributed by atoms with E-state index < -0.39 is 0 Å². The Bertz CT molecular complexity index is 403. The van der Waals surface area contributed by atoms with Gasteiger partial charge in [-0.25, -0.2) is 0 Å². The van der Waals surface area contributed by atoms with E-state index in [9.17, 15) is 4.79 Å². The molecule has 0 spiro atoms. The van der Waals surface area contributed by atoms with Gasteiger partial charge in [0.1, 0.15) is 5.75 Å². The SMILES string of the molecule is CC(C)NC(=O)CNCc1cccc(OC(C)C)c1. The topological polar surface area (TPSA) is 50.4 Å². The van der Waals surface area contributed by atoms with Crippen molar-refractivity contribution < 1.29 is 9.53 Å². The summed E-state index contributed by atoms with van der Waals surface area (Å²) in [6.07, 6.45) is 0.167. The van der Waals surface area contributed by atoms with E-state index >= 15 is 0 Å². The Labute approximate surface area is 115 Å². The summed E-state index contributed by atoms with van der Waals surface area (Å²) in [7, 11) is 0. The molecule has 1 rings (SSSR count). The summed E-state index contributed by atoms with van der Waals surface area (Å²) in [6, 6.07) is 8.09. The summed E-state index contributed by atoms with van der Waals surface area (Å²) in [5.74, 6) is 0.880. The van der Waals surface area contributed by atoms with Crippen LogP contribution in [0.2, 0.25) is 0 Å². The lowest BCUT2D eigenvalue weighted by atomic mass is 10.2. The molecule has 2 N–H and O–H groups in total. The summed E-state index contributed by atoms with van der Waals surface area (Å²) in [6.45, 7) is 8.88. The molecule has 1 amide bonds. The Morgan fingerprint density at radius 1 is 1.26 bits per heavy atom. The van der Waals surface area contributed by atoms with Gasteiger partial charge in [-0.1, -0.05) is 12.1 Å². The van der Waals surface area contributed by atoms with Crippen molar-refractivity contribution in [1.29, 1.82) is 0 Å². The molecule has 0 aliphatic rings. The fourth-order valence-corrected chi connectivity index (χ4v) is 1.69. The van der Waals surface area contributed by atoms with Crippen LogP contribution in [0.1, 0.15) is 33.3 Å². The molecule has 0 saturated carbocycles. The average Bonchev–Trinajstić information content (AvgIpc) is 2.27. The van der Waals surface area contributed by atoms with E-state index in [1.54, 1.807) is 0 Å². The molecule has 1 aromatic carbocycles. The lowest BCUT2D eigenvalue weighted by molar-refractivity contribution is -0.120. The smallest absolute Gasteiger partial charge is 0.234 e. The van der Waals surface area contributed by atoms with E-state index in [0.29, 0.717) is 13.1 Å². The van der Waals surface area contributed by atoms with Crippen LogP contribution in [0.25, 0.3) is 0 Å². The number of ether oxygens (including phenoxy) is 1. The Morgan fingerprint density at radius 2 is 2.00 bits per heavy atom. The first-order valence-electron chi connectivity index (χ1n) is 6.73. The Kier molecular flexibility index (Phi) is 6.36. The first-order valence-corrected chi connectivity index (χ1v) is 6.73. The number of rotatable bonds is 7. The summed E-state index contributed by atoms with van der Waals surface area (Å²) in [4.78, 5) is 11.5. The standard InChI is InChI=1S/C15H24N2O2/c1-11(2)17-15(18)10-16-9-13-6-5-7-14(8-13)19-12(3)4/h5-8,11-12,16H,9-10H2,1-4H3,(H,17,18). The molecule has 0 aliphatic heterocycles. The molecule has 0 bridgehead atoms. The molecule has 106 valence electrons. The Morgan fingerprint density at radius 3 is 2.63 bits per heavy atom. The van der Waals surface area contributed by atoms with E-state index in [-0.39, 0.29) is 18.1 Å². The number of amides is 1. The second-order valence-corrected chi connectivity index (χ2v) is 5.14. The van der Waals surface area contributed by atoms with Gasteiger partial charge in [0.2, 0.25) is 5.91 Å². The zero-order valence-corrected chi connectivity index (χ0v) is 12.2. The highest BCUT2D eigenvalue weighted by Crippen LogP contribution is 2.14. The molecule has 0 radical (unpaired) electrons. The second kappa shape index (κ2) is 7.79. The van der Waals surface area contributed by atoms with Gasteiger partial charge in [-0.15, -0.1) is 0 Å². The number of carbonyl (C=O) groups excluding carboxylic acids is 1. The first kappa shape index (κ1) is 15.5. The summed E-state index contributed by atoms with van der Waals surface area (Å²) in [5, 5.41) is 5.96. The van der Waals surface area contributed by atoms with Gasteiger partial charge in [-0.2, -0.15) is 0 Å². The molecule has 0 fully saturated rings. The van der Waals surface area contributed by atoms with Crippen molar-refractivity contribution in [3.63, 3.8) is 0 Å². The molecule has 19 heavy (non-hydrogen) atoms. The third-order valence-electron chi connectivity index (χ3n) is 2.33. The van der Waals surface area contributed by atoms with E-state index in [1.807, 2.05) is 52.0 Å². The molecule has 0 aliphatic carbocycles. The van der Waals surface area contributed by atoms with Crippen molar-refractivity contribution in [2.24, 2.45) is 0 Å². The van der Waals surface area contributed by atoms with Crippen LogP contribution in [0.4, 0.5) is 0 Å². The monoisotopic (exact) mass is 264 g/mol. The maximum absolute atomic E-state index is 11.5. The minimum atomic E-state index is 0.0181. The van der Waals surface area contributed by atoms with Crippen molar-refractivity contribution in [2.75, 3.05) is 6.54 Å². The van der Waals surface area contributed by atoms with Gasteiger partial charge in [0.05, 0.1) is 12.6 Å². The lowest BCUT2D eigenvalue weighted by Crippen LogP contribution is -2.37. The predicted molar refractivity (Wildman–Crippen MR) is 77.2 cm³/mol. The van der Waals surface area contributed by atoms with Crippen LogP contribution in [-0.4, -0.2) is 24.6 Å². The lowest BCUT2D eigenvalue weighted by Gasteiger charge is -2.12. The number of carbonyl (C=O) groups is 1. The van der Waals surface area contributed by atoms with Crippen LogP contribution in [0.3, 0.4) is 0 Å². The van der Waals surface area contributed by atoms with Gasteiger partial charge in [-0.05, 0) is 45.4 Å². The minimum absolute atomic E-state index is 0.0181. The van der Waals surface area contributed by atoms with E-state index in [1.165, 1.54) is 0 Å². The van der Waals surface area contributed by atoms with Gasteiger partial charge >= 0.3 is 0 Å². The highest BCUT2D eigenvalue weighted by molar-refractivity contribution is 5.78. The molecular weight excluding hydrogens is 240 g/mol. The van der Waals surface area contributed by atoms with Crippen LogP contribution in [0, 0.1) is 0 Å².